The molecule has 0 radical (unpaired) electrons. The Bertz CT molecular complexity index is 2410. The Morgan fingerprint density at radius 1 is 0.326 bits per heavy atom. The second-order valence-corrected chi connectivity index (χ2v) is 11.9. The molecular formula is C41H23N3O2. The number of benzene rings is 7. The molecule has 0 aliphatic heterocycles. The highest BCUT2D eigenvalue weighted by molar-refractivity contribution is 6.19. The maximum atomic E-state index is 10.9. The smallest absolute Gasteiger partial charge is 0.167 e. The third-order valence-electron chi connectivity index (χ3n) is 9.44. The van der Waals surface area contributed by atoms with Gasteiger partial charge in [0.05, 0.1) is 5.56 Å². The van der Waals surface area contributed by atoms with Gasteiger partial charge in [-0.2, -0.15) is 0 Å². The molecule has 2 N–H and O–H groups in total. The molecule has 46 heavy (non-hydrogen) atoms. The summed E-state index contributed by atoms with van der Waals surface area (Å²) in [5, 5.41) is 25.4. The van der Waals surface area contributed by atoms with Crippen LogP contribution in [-0.4, -0.2) is 25.2 Å². The average Bonchev–Trinajstić information content (AvgIpc) is 3.60. The van der Waals surface area contributed by atoms with Crippen molar-refractivity contribution in [2.45, 2.75) is 0 Å². The molecule has 2 aliphatic rings. The van der Waals surface area contributed by atoms with E-state index in [4.69, 9.17) is 15.0 Å². The van der Waals surface area contributed by atoms with Crippen LogP contribution in [-0.2, 0) is 0 Å². The topological polar surface area (TPSA) is 79.1 Å². The Kier molecular flexibility index (Phi) is 4.95. The predicted molar refractivity (Wildman–Crippen MR) is 183 cm³/mol. The van der Waals surface area contributed by atoms with Crippen LogP contribution in [0.15, 0.2) is 127 Å². The Morgan fingerprint density at radius 3 is 1.15 bits per heavy atom. The van der Waals surface area contributed by atoms with Gasteiger partial charge in [0, 0.05) is 17.2 Å². The van der Waals surface area contributed by atoms with Crippen molar-refractivity contribution in [2.75, 3.05) is 0 Å². The van der Waals surface area contributed by atoms with Crippen LogP contribution in [0.3, 0.4) is 0 Å². The van der Waals surface area contributed by atoms with Crippen molar-refractivity contribution < 1.29 is 10.2 Å². The normalized spacial score (nSPS) is 12.1. The van der Waals surface area contributed by atoms with E-state index in [2.05, 4.69) is 109 Å². The summed E-state index contributed by atoms with van der Waals surface area (Å²) in [7, 11) is 0. The number of aromatic nitrogens is 3. The molecule has 1 heterocycles. The number of aromatic hydroxyl groups is 2. The molecule has 10 rings (SSSR count). The minimum atomic E-state index is -0.102. The van der Waals surface area contributed by atoms with Gasteiger partial charge in [0.1, 0.15) is 11.5 Å². The second-order valence-electron chi connectivity index (χ2n) is 11.9. The van der Waals surface area contributed by atoms with E-state index in [9.17, 15) is 10.2 Å². The van der Waals surface area contributed by atoms with Crippen molar-refractivity contribution in [1.82, 2.24) is 15.0 Å². The highest BCUT2D eigenvalue weighted by Crippen LogP contribution is 2.51. The Morgan fingerprint density at radius 2 is 0.696 bits per heavy atom. The second kappa shape index (κ2) is 9.10. The van der Waals surface area contributed by atoms with Gasteiger partial charge in [-0.25, -0.2) is 15.0 Å². The van der Waals surface area contributed by atoms with Crippen LogP contribution in [0.1, 0.15) is 0 Å². The van der Waals surface area contributed by atoms with E-state index in [1.807, 2.05) is 0 Å². The SMILES string of the molecule is Oc1ccc(-c2nc(-c3ccc4c5c(cccc35)-c3ccccc3-4)nc(-c3ccc4c5c(cccc35)-c3ccccc3-4)n2)c(O)c1. The van der Waals surface area contributed by atoms with Crippen molar-refractivity contribution in [3.05, 3.63) is 127 Å². The zero-order chi connectivity index (χ0) is 30.5. The zero-order valence-electron chi connectivity index (χ0n) is 24.4. The molecule has 2 aliphatic carbocycles. The van der Waals surface area contributed by atoms with Gasteiger partial charge in [-0.05, 0) is 90.3 Å². The lowest BCUT2D eigenvalue weighted by Gasteiger charge is -2.13. The van der Waals surface area contributed by atoms with Crippen LogP contribution in [0.4, 0.5) is 0 Å². The summed E-state index contributed by atoms with van der Waals surface area (Å²) in [6, 6.07) is 42.7. The first kappa shape index (κ1) is 25.0. The molecule has 5 nitrogen and oxygen atoms in total. The van der Waals surface area contributed by atoms with Gasteiger partial charge < -0.3 is 10.2 Å². The first-order valence-corrected chi connectivity index (χ1v) is 15.2. The third-order valence-corrected chi connectivity index (χ3v) is 9.44. The molecule has 8 aromatic rings. The fourth-order valence-electron chi connectivity index (χ4n) is 7.45. The maximum Gasteiger partial charge on any atom is 0.167 e. The van der Waals surface area contributed by atoms with Gasteiger partial charge in [0.2, 0.25) is 0 Å². The highest BCUT2D eigenvalue weighted by atomic mass is 16.3. The first-order valence-electron chi connectivity index (χ1n) is 15.2. The first-order chi connectivity index (χ1) is 22.6. The minimum absolute atomic E-state index is 0.0325. The van der Waals surface area contributed by atoms with Crippen molar-refractivity contribution in [3.8, 4) is 90.2 Å². The fraction of sp³-hybridized carbons (Fsp3) is 0. The third kappa shape index (κ3) is 3.37. The molecule has 5 heteroatoms. The van der Waals surface area contributed by atoms with Crippen molar-refractivity contribution in [1.29, 1.82) is 0 Å². The number of phenolic OH excluding ortho intramolecular Hbond substituents is 2. The van der Waals surface area contributed by atoms with E-state index in [0.29, 0.717) is 23.0 Å². The van der Waals surface area contributed by atoms with E-state index in [0.717, 1.165) is 21.9 Å². The zero-order valence-corrected chi connectivity index (χ0v) is 24.4. The van der Waals surface area contributed by atoms with Crippen molar-refractivity contribution in [2.24, 2.45) is 0 Å². The van der Waals surface area contributed by atoms with E-state index >= 15 is 0 Å². The summed E-state index contributed by atoms with van der Waals surface area (Å²) in [5.74, 6) is 1.22. The van der Waals surface area contributed by atoms with Crippen LogP contribution < -0.4 is 0 Å². The Hall–Kier alpha value is -6.33. The molecular weight excluding hydrogens is 566 g/mol. The van der Waals surface area contributed by atoms with E-state index in [1.165, 1.54) is 67.4 Å². The molecule has 0 spiro atoms. The number of rotatable bonds is 3. The van der Waals surface area contributed by atoms with Crippen LogP contribution in [0.5, 0.6) is 11.5 Å². The molecule has 0 saturated heterocycles. The lowest BCUT2D eigenvalue weighted by Crippen LogP contribution is -2.01. The average molecular weight is 590 g/mol. The monoisotopic (exact) mass is 589 g/mol. The summed E-state index contributed by atoms with van der Waals surface area (Å²) >= 11 is 0. The van der Waals surface area contributed by atoms with E-state index < -0.39 is 0 Å². The summed E-state index contributed by atoms with van der Waals surface area (Å²) < 4.78 is 0. The predicted octanol–water partition coefficient (Wildman–Crippen LogP) is 9.88. The van der Waals surface area contributed by atoms with Gasteiger partial charge in [-0.3, -0.25) is 0 Å². The number of fused-ring (bicyclic) bond motifs is 6. The molecule has 214 valence electrons. The standard InChI is InChI=1S/C41H23N3O2/c45-22-15-16-35(36(46)21-22)41-43-39(33-19-17-31-25-9-3-1-7-23(25)27-11-5-13-29(33)37(27)31)42-40(44-41)34-20-18-32-26-10-4-2-8-24(26)28-12-6-14-30(34)38(28)32/h1-21,45-46H. The Balaban J connectivity index is 1.25. The summed E-state index contributed by atoms with van der Waals surface area (Å²) in [5.41, 5.74) is 11.9. The van der Waals surface area contributed by atoms with E-state index in [1.54, 1.807) is 6.07 Å². The lowest BCUT2D eigenvalue weighted by molar-refractivity contribution is 0.451. The number of hydrogen-bond acceptors (Lipinski definition) is 5. The van der Waals surface area contributed by atoms with Crippen LogP contribution >= 0.6 is 0 Å². The summed E-state index contributed by atoms with van der Waals surface area (Å²) in [4.78, 5) is 15.1. The molecule has 1 aromatic heterocycles. The summed E-state index contributed by atoms with van der Waals surface area (Å²) in [6.07, 6.45) is 0. The van der Waals surface area contributed by atoms with Crippen LogP contribution in [0.25, 0.3) is 100 Å². The highest BCUT2D eigenvalue weighted by Gasteiger charge is 2.26. The quantitative estimate of drug-likeness (QED) is 0.214. The van der Waals surface area contributed by atoms with Crippen LogP contribution in [0.2, 0.25) is 0 Å². The summed E-state index contributed by atoms with van der Waals surface area (Å²) in [6.45, 7) is 0. The lowest BCUT2D eigenvalue weighted by atomic mass is 9.97. The molecule has 0 atom stereocenters. The minimum Gasteiger partial charge on any atom is -0.508 e. The molecule has 0 bridgehead atoms. The van der Waals surface area contributed by atoms with Crippen LogP contribution in [0, 0.1) is 0 Å². The van der Waals surface area contributed by atoms with Crippen molar-refractivity contribution >= 4 is 21.5 Å². The van der Waals surface area contributed by atoms with Gasteiger partial charge in [-0.1, -0.05) is 97.1 Å². The number of phenols is 2. The molecule has 0 saturated carbocycles. The molecule has 7 aromatic carbocycles. The van der Waals surface area contributed by atoms with Crippen molar-refractivity contribution in [3.63, 3.8) is 0 Å². The van der Waals surface area contributed by atoms with Gasteiger partial charge in [0.15, 0.2) is 17.5 Å². The van der Waals surface area contributed by atoms with E-state index in [-0.39, 0.29) is 11.5 Å². The Labute approximate surface area is 263 Å². The fourth-order valence-corrected chi connectivity index (χ4v) is 7.45. The van der Waals surface area contributed by atoms with Gasteiger partial charge in [-0.15, -0.1) is 0 Å². The van der Waals surface area contributed by atoms with Gasteiger partial charge >= 0.3 is 0 Å². The number of hydrogen-bond donors (Lipinski definition) is 2. The number of nitrogens with zero attached hydrogens (tertiary/aromatic N) is 3. The molecule has 0 amide bonds. The molecule has 0 fully saturated rings. The largest absolute Gasteiger partial charge is 0.508 e. The molecule has 0 unspecified atom stereocenters. The maximum absolute atomic E-state index is 10.9. The van der Waals surface area contributed by atoms with Gasteiger partial charge in [0.25, 0.3) is 0 Å².